The molecule has 0 aromatic rings. The van der Waals surface area contributed by atoms with E-state index in [-0.39, 0.29) is 2.09 Å². The number of hydrogen-bond acceptors (Lipinski definition) is 2. The average molecular weight is 332 g/mol. The molecule has 0 aliphatic rings. The number of alkyl halides is 1. The van der Waals surface area contributed by atoms with Gasteiger partial charge in [-0.15, -0.1) is 0 Å². The monoisotopic (exact) mass is 332 g/mol. The summed E-state index contributed by atoms with van der Waals surface area (Å²) in [5, 5.41) is 0. The van der Waals surface area contributed by atoms with E-state index in [2.05, 4.69) is 54.8 Å². The Kier molecular flexibility index (Phi) is 9.67. The van der Waals surface area contributed by atoms with Crippen LogP contribution in [0.5, 0.6) is 0 Å². The van der Waals surface area contributed by atoms with Crippen LogP contribution in [0.1, 0.15) is 58.3 Å². The molecule has 0 amide bonds. The first kappa shape index (κ1) is 14.4. The van der Waals surface area contributed by atoms with E-state index < -0.39 is 0 Å². The fourth-order valence-electron chi connectivity index (χ4n) is 1.31. The van der Waals surface area contributed by atoms with Crippen LogP contribution in [0.3, 0.4) is 0 Å². The largest absolute Gasteiger partial charge is 0.151 e. The summed E-state index contributed by atoms with van der Waals surface area (Å²) in [4.78, 5) is 0. The van der Waals surface area contributed by atoms with Gasteiger partial charge in [-0.25, -0.2) is 0 Å². The summed E-state index contributed by atoms with van der Waals surface area (Å²) in [5.74, 6) is 0. The molecule has 0 fully saturated rings. The van der Waals surface area contributed by atoms with E-state index in [1.165, 1.54) is 44.9 Å². The van der Waals surface area contributed by atoms with Gasteiger partial charge in [0.25, 0.3) is 0 Å². The Balaban J connectivity index is 3.00. The first-order chi connectivity index (χ1) is 6.06. The van der Waals surface area contributed by atoms with Crippen LogP contribution in [0.15, 0.2) is 0 Å². The Hall–Kier alpha value is 1.43. The molecule has 3 heteroatoms. The first-order valence-electron chi connectivity index (χ1n) is 5.20. The highest BCUT2D eigenvalue weighted by Crippen LogP contribution is 2.33. The zero-order chi connectivity index (χ0) is 10.2. The molecular weight excluding hydrogens is 311 g/mol. The van der Waals surface area contributed by atoms with E-state index in [4.69, 9.17) is 0 Å². The number of unbranched alkanes of at least 4 members (excludes halogenated alkanes) is 6. The van der Waals surface area contributed by atoms with Crippen LogP contribution in [-0.4, -0.2) is 2.09 Å². The minimum absolute atomic E-state index is 0.0961. The predicted molar refractivity (Wildman–Crippen MR) is 77.3 cm³/mol. The van der Waals surface area contributed by atoms with E-state index in [0.717, 1.165) is 6.42 Å². The highest BCUT2D eigenvalue weighted by atomic mass is 127. The highest BCUT2D eigenvalue weighted by molar-refractivity contribution is 14.1. The van der Waals surface area contributed by atoms with Crippen LogP contribution in [0.25, 0.3) is 0 Å². The lowest BCUT2D eigenvalue weighted by Gasteiger charge is -2.13. The minimum atomic E-state index is -0.0961. The molecule has 0 atom stereocenters. The molecule has 0 saturated carbocycles. The molecular formula is C10H21IS2. The molecule has 0 unspecified atom stereocenters. The van der Waals surface area contributed by atoms with E-state index >= 15 is 0 Å². The molecule has 0 radical (unpaired) electrons. The molecule has 0 nitrogen and oxygen atoms in total. The van der Waals surface area contributed by atoms with E-state index in [1.807, 2.05) is 0 Å². The Bertz CT molecular complexity index is 110. The Morgan fingerprint density at radius 3 is 1.85 bits per heavy atom. The van der Waals surface area contributed by atoms with Crippen molar-refractivity contribution in [2.45, 2.75) is 60.4 Å². The molecule has 0 N–H and O–H groups in total. The van der Waals surface area contributed by atoms with Gasteiger partial charge in [0.15, 0.2) is 0 Å². The Labute approximate surface area is 108 Å². The molecule has 13 heavy (non-hydrogen) atoms. The van der Waals surface area contributed by atoms with Crippen molar-refractivity contribution < 1.29 is 0 Å². The van der Waals surface area contributed by atoms with Crippen molar-refractivity contribution in [2.24, 2.45) is 0 Å². The molecule has 0 aliphatic carbocycles. The summed E-state index contributed by atoms with van der Waals surface area (Å²) in [6.45, 7) is 2.26. The molecule has 0 aromatic carbocycles. The topological polar surface area (TPSA) is 0 Å². The van der Waals surface area contributed by atoms with Crippen LogP contribution in [0.2, 0.25) is 0 Å². The fraction of sp³-hybridized carbons (Fsp3) is 1.00. The van der Waals surface area contributed by atoms with Crippen molar-refractivity contribution in [3.8, 4) is 0 Å². The smallest absolute Gasteiger partial charge is 0.107 e. The second-order valence-electron chi connectivity index (χ2n) is 3.59. The van der Waals surface area contributed by atoms with Gasteiger partial charge in [-0.3, -0.25) is 0 Å². The van der Waals surface area contributed by atoms with Crippen LogP contribution in [0, 0.1) is 0 Å². The zero-order valence-corrected chi connectivity index (χ0v) is 12.4. The third kappa shape index (κ3) is 13.4. The van der Waals surface area contributed by atoms with Gasteiger partial charge in [0, 0.05) is 0 Å². The van der Waals surface area contributed by atoms with Crippen LogP contribution < -0.4 is 0 Å². The highest BCUT2D eigenvalue weighted by Gasteiger charge is 2.13. The van der Waals surface area contributed by atoms with Gasteiger partial charge in [0.05, 0.1) is 0 Å². The predicted octanol–water partition coefficient (Wildman–Crippen LogP) is 5.08. The summed E-state index contributed by atoms with van der Waals surface area (Å²) in [6.07, 6.45) is 10.6. The number of rotatable bonds is 8. The van der Waals surface area contributed by atoms with Crippen molar-refractivity contribution in [3.05, 3.63) is 0 Å². The minimum Gasteiger partial charge on any atom is -0.151 e. The van der Waals surface area contributed by atoms with Gasteiger partial charge >= 0.3 is 0 Å². The van der Waals surface area contributed by atoms with Gasteiger partial charge in [-0.2, -0.15) is 25.3 Å². The van der Waals surface area contributed by atoms with Crippen molar-refractivity contribution in [2.75, 3.05) is 0 Å². The average Bonchev–Trinajstić information content (AvgIpc) is 2.01. The van der Waals surface area contributed by atoms with Crippen LogP contribution in [0.4, 0.5) is 0 Å². The maximum absolute atomic E-state index is 4.36. The quantitative estimate of drug-likeness (QED) is 0.200. The fourth-order valence-corrected chi connectivity index (χ4v) is 2.00. The Morgan fingerprint density at radius 1 is 0.923 bits per heavy atom. The maximum Gasteiger partial charge on any atom is 0.107 e. The van der Waals surface area contributed by atoms with Crippen molar-refractivity contribution in [3.63, 3.8) is 0 Å². The summed E-state index contributed by atoms with van der Waals surface area (Å²) in [7, 11) is 0. The molecule has 0 heterocycles. The van der Waals surface area contributed by atoms with Crippen molar-refractivity contribution in [1.82, 2.24) is 0 Å². The first-order valence-corrected chi connectivity index (χ1v) is 7.17. The molecule has 0 saturated heterocycles. The molecule has 80 valence electrons. The molecule has 0 aromatic heterocycles. The standard InChI is InChI=1S/C10H21IS2/c1-2-3-4-5-6-7-8-9-10(11,12)13/h12-13H,2-9H2,1H3. The molecule has 0 spiro atoms. The SMILES string of the molecule is CCCCCCCCCC(S)(S)I. The van der Waals surface area contributed by atoms with Crippen LogP contribution >= 0.6 is 47.8 Å². The third-order valence-electron chi connectivity index (χ3n) is 2.10. The molecule has 0 rings (SSSR count). The van der Waals surface area contributed by atoms with Gasteiger partial charge in [-0.05, 0) is 6.42 Å². The number of thiol groups is 2. The van der Waals surface area contributed by atoms with Gasteiger partial charge in [0.1, 0.15) is 2.09 Å². The second-order valence-corrected chi connectivity index (χ2v) is 9.02. The van der Waals surface area contributed by atoms with E-state index in [0.29, 0.717) is 0 Å². The van der Waals surface area contributed by atoms with E-state index in [1.54, 1.807) is 0 Å². The molecule has 0 aliphatic heterocycles. The molecule has 0 bridgehead atoms. The normalized spacial score (nSPS) is 12.0. The third-order valence-corrected chi connectivity index (χ3v) is 3.09. The lowest BCUT2D eigenvalue weighted by Crippen LogP contribution is -2.00. The van der Waals surface area contributed by atoms with Gasteiger partial charge in [-0.1, -0.05) is 74.5 Å². The van der Waals surface area contributed by atoms with Gasteiger partial charge < -0.3 is 0 Å². The van der Waals surface area contributed by atoms with E-state index in [9.17, 15) is 0 Å². The number of hydrogen-bond donors (Lipinski definition) is 2. The lowest BCUT2D eigenvalue weighted by molar-refractivity contribution is 0.583. The van der Waals surface area contributed by atoms with Crippen LogP contribution in [-0.2, 0) is 0 Å². The Morgan fingerprint density at radius 2 is 1.38 bits per heavy atom. The second kappa shape index (κ2) is 8.72. The van der Waals surface area contributed by atoms with Crippen molar-refractivity contribution >= 4 is 47.8 Å². The lowest BCUT2D eigenvalue weighted by atomic mass is 10.1. The number of halogens is 1. The summed E-state index contributed by atoms with van der Waals surface area (Å²) in [6, 6.07) is 0. The summed E-state index contributed by atoms with van der Waals surface area (Å²) >= 11 is 11.0. The zero-order valence-electron chi connectivity index (χ0n) is 8.43. The summed E-state index contributed by atoms with van der Waals surface area (Å²) < 4.78 is -0.0961. The van der Waals surface area contributed by atoms with Gasteiger partial charge in [0.2, 0.25) is 0 Å². The summed E-state index contributed by atoms with van der Waals surface area (Å²) in [5.41, 5.74) is 0. The maximum atomic E-state index is 4.36. The van der Waals surface area contributed by atoms with Crippen molar-refractivity contribution in [1.29, 1.82) is 0 Å².